The van der Waals surface area contributed by atoms with Crippen molar-refractivity contribution in [3.05, 3.63) is 11.7 Å². The van der Waals surface area contributed by atoms with E-state index in [9.17, 15) is 0 Å². The van der Waals surface area contributed by atoms with Crippen molar-refractivity contribution < 1.29 is 9.26 Å². The van der Waals surface area contributed by atoms with Crippen molar-refractivity contribution in [3.8, 4) is 0 Å². The first-order valence-corrected chi connectivity index (χ1v) is 7.26. The fraction of sp³-hybridized carbons (Fsp3) is 0.857. The summed E-state index contributed by atoms with van der Waals surface area (Å²) < 4.78 is 10.9. The summed E-state index contributed by atoms with van der Waals surface area (Å²) in [6.07, 6.45) is 3.47. The molecule has 1 aromatic heterocycles. The fourth-order valence-corrected chi connectivity index (χ4v) is 2.15. The van der Waals surface area contributed by atoms with E-state index in [2.05, 4.69) is 30.9 Å². The molecule has 2 atom stereocenters. The number of aromatic nitrogens is 2. The van der Waals surface area contributed by atoms with Gasteiger partial charge < -0.3 is 15.0 Å². The predicted molar refractivity (Wildman–Crippen MR) is 74.7 cm³/mol. The van der Waals surface area contributed by atoms with Gasteiger partial charge in [-0.25, -0.2) is 0 Å². The molecule has 0 aliphatic rings. The van der Waals surface area contributed by atoms with Crippen LogP contribution in [-0.2, 0) is 11.2 Å². The Morgan fingerprint density at radius 3 is 2.63 bits per heavy atom. The van der Waals surface area contributed by atoms with E-state index >= 15 is 0 Å². The molecule has 19 heavy (non-hydrogen) atoms. The van der Waals surface area contributed by atoms with Crippen molar-refractivity contribution in [3.63, 3.8) is 0 Å². The maximum absolute atomic E-state index is 6.05. The van der Waals surface area contributed by atoms with Gasteiger partial charge in [-0.1, -0.05) is 32.3 Å². The molecule has 2 unspecified atom stereocenters. The second-order valence-corrected chi connectivity index (χ2v) is 5.37. The molecule has 0 spiro atoms. The summed E-state index contributed by atoms with van der Waals surface area (Å²) in [5, 5.41) is 4.02. The number of ether oxygens (including phenoxy) is 1. The third-order valence-electron chi connectivity index (χ3n) is 2.90. The molecule has 5 heteroatoms. The Balaban J connectivity index is 2.59. The molecule has 0 saturated carbocycles. The lowest BCUT2D eigenvalue weighted by Gasteiger charge is -2.12. The highest BCUT2D eigenvalue weighted by atomic mass is 16.5. The van der Waals surface area contributed by atoms with Crippen LogP contribution in [0.4, 0.5) is 0 Å². The molecule has 0 aliphatic carbocycles. The lowest BCUT2D eigenvalue weighted by Crippen LogP contribution is -2.24. The van der Waals surface area contributed by atoms with Gasteiger partial charge in [-0.15, -0.1) is 0 Å². The minimum atomic E-state index is -0.0613. The van der Waals surface area contributed by atoms with Gasteiger partial charge in [0.05, 0.1) is 0 Å². The largest absolute Gasteiger partial charge is 0.370 e. The van der Waals surface area contributed by atoms with Crippen molar-refractivity contribution in [2.45, 2.75) is 65.5 Å². The molecule has 110 valence electrons. The van der Waals surface area contributed by atoms with Crippen LogP contribution in [0.25, 0.3) is 0 Å². The van der Waals surface area contributed by atoms with E-state index in [1.165, 1.54) is 0 Å². The van der Waals surface area contributed by atoms with Gasteiger partial charge in [0, 0.05) is 19.1 Å². The minimum absolute atomic E-state index is 0.0613. The Kier molecular flexibility index (Phi) is 7.02. The normalized spacial score (nSPS) is 14.8. The van der Waals surface area contributed by atoms with Crippen LogP contribution >= 0.6 is 0 Å². The summed E-state index contributed by atoms with van der Waals surface area (Å²) in [5.41, 5.74) is 6.05. The van der Waals surface area contributed by atoms with Gasteiger partial charge >= 0.3 is 0 Å². The van der Waals surface area contributed by atoms with Gasteiger partial charge in [-0.3, -0.25) is 0 Å². The van der Waals surface area contributed by atoms with E-state index in [4.69, 9.17) is 15.0 Å². The first kappa shape index (κ1) is 16.1. The summed E-state index contributed by atoms with van der Waals surface area (Å²) in [6.45, 7) is 9.06. The number of rotatable bonds is 9. The van der Waals surface area contributed by atoms with Gasteiger partial charge in [-0.2, -0.15) is 4.98 Å². The molecule has 1 heterocycles. The van der Waals surface area contributed by atoms with E-state index in [-0.39, 0.29) is 12.1 Å². The predicted octanol–water partition coefficient (Wildman–Crippen LogP) is 2.86. The summed E-state index contributed by atoms with van der Waals surface area (Å²) in [6, 6.07) is 0.0741. The van der Waals surface area contributed by atoms with Gasteiger partial charge in [0.1, 0.15) is 6.10 Å². The highest BCUT2D eigenvalue weighted by molar-refractivity contribution is 4.93. The van der Waals surface area contributed by atoms with Gasteiger partial charge in [0.15, 0.2) is 0 Å². The second kappa shape index (κ2) is 8.27. The SMILES string of the molecule is CCCC(OCC)c1noc(CC(N)CC(C)C)n1. The van der Waals surface area contributed by atoms with E-state index in [0.717, 1.165) is 19.3 Å². The van der Waals surface area contributed by atoms with E-state index in [1.807, 2.05) is 6.92 Å². The van der Waals surface area contributed by atoms with Crippen LogP contribution in [0.1, 0.15) is 64.8 Å². The highest BCUT2D eigenvalue weighted by Crippen LogP contribution is 2.20. The molecule has 0 amide bonds. The zero-order valence-electron chi connectivity index (χ0n) is 12.6. The zero-order chi connectivity index (χ0) is 14.3. The quantitative estimate of drug-likeness (QED) is 0.746. The topological polar surface area (TPSA) is 74.2 Å². The number of hydrogen-bond acceptors (Lipinski definition) is 5. The first-order valence-electron chi connectivity index (χ1n) is 7.26. The lowest BCUT2D eigenvalue weighted by molar-refractivity contribution is 0.0478. The molecule has 0 saturated heterocycles. The van der Waals surface area contributed by atoms with Crippen LogP contribution in [0.3, 0.4) is 0 Å². The Morgan fingerprint density at radius 1 is 1.32 bits per heavy atom. The van der Waals surface area contributed by atoms with Crippen LogP contribution < -0.4 is 5.73 Å². The fourth-order valence-electron chi connectivity index (χ4n) is 2.15. The number of hydrogen-bond donors (Lipinski definition) is 1. The second-order valence-electron chi connectivity index (χ2n) is 5.37. The van der Waals surface area contributed by atoms with E-state index in [1.54, 1.807) is 0 Å². The molecule has 5 nitrogen and oxygen atoms in total. The van der Waals surface area contributed by atoms with Gasteiger partial charge in [0.25, 0.3) is 0 Å². The monoisotopic (exact) mass is 269 g/mol. The Hall–Kier alpha value is -0.940. The summed E-state index contributed by atoms with van der Waals surface area (Å²) in [5.74, 6) is 1.84. The molecule has 0 aliphatic heterocycles. The number of nitrogens with zero attached hydrogens (tertiary/aromatic N) is 2. The van der Waals surface area contributed by atoms with Crippen LogP contribution in [0.2, 0.25) is 0 Å². The molecule has 2 N–H and O–H groups in total. The van der Waals surface area contributed by atoms with Crippen LogP contribution in [-0.4, -0.2) is 22.8 Å². The third-order valence-corrected chi connectivity index (χ3v) is 2.90. The Bertz CT molecular complexity index is 346. The average molecular weight is 269 g/mol. The Labute approximate surface area is 115 Å². The van der Waals surface area contributed by atoms with Crippen molar-refractivity contribution in [2.24, 2.45) is 11.7 Å². The Morgan fingerprint density at radius 2 is 2.05 bits per heavy atom. The van der Waals surface area contributed by atoms with Crippen LogP contribution in [0, 0.1) is 5.92 Å². The van der Waals surface area contributed by atoms with E-state index in [0.29, 0.717) is 30.7 Å². The summed E-state index contributed by atoms with van der Waals surface area (Å²) in [4.78, 5) is 4.41. The molecule has 0 aromatic carbocycles. The molecular formula is C14H27N3O2. The molecule has 0 fully saturated rings. The lowest BCUT2D eigenvalue weighted by atomic mass is 10.0. The van der Waals surface area contributed by atoms with Crippen molar-refractivity contribution in [2.75, 3.05) is 6.61 Å². The van der Waals surface area contributed by atoms with Crippen LogP contribution in [0.5, 0.6) is 0 Å². The first-order chi connectivity index (χ1) is 9.06. The average Bonchev–Trinajstić information content (AvgIpc) is 2.76. The molecule has 1 rings (SSSR count). The van der Waals surface area contributed by atoms with Gasteiger partial charge in [0.2, 0.25) is 11.7 Å². The number of nitrogens with two attached hydrogens (primary N) is 1. The van der Waals surface area contributed by atoms with Crippen molar-refractivity contribution in [1.82, 2.24) is 10.1 Å². The standard InChI is InChI=1S/C14H27N3O2/c1-5-7-12(18-6-2)14-16-13(19-17-14)9-11(15)8-10(3)4/h10-12H,5-9,15H2,1-4H3. The molecular weight excluding hydrogens is 242 g/mol. The summed E-state index contributed by atoms with van der Waals surface area (Å²) in [7, 11) is 0. The molecule has 0 radical (unpaired) electrons. The highest BCUT2D eigenvalue weighted by Gasteiger charge is 2.19. The van der Waals surface area contributed by atoms with Crippen LogP contribution in [0.15, 0.2) is 4.52 Å². The van der Waals surface area contributed by atoms with Crippen molar-refractivity contribution in [1.29, 1.82) is 0 Å². The molecule has 1 aromatic rings. The minimum Gasteiger partial charge on any atom is -0.370 e. The summed E-state index contributed by atoms with van der Waals surface area (Å²) >= 11 is 0. The maximum atomic E-state index is 6.05. The maximum Gasteiger partial charge on any atom is 0.228 e. The van der Waals surface area contributed by atoms with Crippen molar-refractivity contribution >= 4 is 0 Å². The smallest absolute Gasteiger partial charge is 0.228 e. The third kappa shape index (κ3) is 5.70. The van der Waals surface area contributed by atoms with E-state index < -0.39 is 0 Å². The van der Waals surface area contributed by atoms with Gasteiger partial charge in [-0.05, 0) is 25.7 Å². The zero-order valence-corrected chi connectivity index (χ0v) is 12.6. The molecule has 0 bridgehead atoms.